The Morgan fingerprint density at radius 1 is 1.64 bits per heavy atom. The van der Waals surface area contributed by atoms with E-state index in [0.29, 0.717) is 6.54 Å². The van der Waals surface area contributed by atoms with Crippen LogP contribution in [0.3, 0.4) is 0 Å². The van der Waals surface area contributed by atoms with Crippen LogP contribution in [-0.4, -0.2) is 41.7 Å². The highest BCUT2D eigenvalue weighted by atomic mass is 16.2. The molecule has 0 saturated carbocycles. The molecule has 4 heteroatoms. The van der Waals surface area contributed by atoms with Gasteiger partial charge in [-0.3, -0.25) is 4.79 Å². The molecule has 1 atom stereocenters. The maximum atomic E-state index is 11.3. The van der Waals surface area contributed by atoms with Gasteiger partial charge >= 0.3 is 0 Å². The summed E-state index contributed by atoms with van der Waals surface area (Å²) in [6.07, 6.45) is 1.73. The number of carbonyl (C=O) groups is 1. The molecule has 0 spiro atoms. The van der Waals surface area contributed by atoms with Crippen LogP contribution >= 0.6 is 0 Å². The van der Waals surface area contributed by atoms with Gasteiger partial charge in [-0.25, -0.2) is 0 Å². The number of hydrogen-bond donors (Lipinski definition) is 2. The predicted molar refractivity (Wildman–Crippen MR) is 54.7 cm³/mol. The molecule has 82 valence electrons. The first-order chi connectivity index (χ1) is 6.46. The molecule has 1 amide bonds. The van der Waals surface area contributed by atoms with E-state index in [9.17, 15) is 4.79 Å². The second-order valence-corrected chi connectivity index (χ2v) is 4.82. The fraction of sp³-hybridized carbons (Fsp3) is 0.900. The molecule has 1 rings (SSSR count). The lowest BCUT2D eigenvalue weighted by molar-refractivity contribution is -0.144. The Morgan fingerprint density at radius 3 is 2.71 bits per heavy atom. The summed E-state index contributed by atoms with van der Waals surface area (Å²) < 4.78 is 0. The Hall–Kier alpha value is -0.610. The first-order valence-electron chi connectivity index (χ1n) is 5.11. The van der Waals surface area contributed by atoms with E-state index in [1.165, 1.54) is 0 Å². The van der Waals surface area contributed by atoms with Crippen LogP contribution in [0.4, 0.5) is 0 Å². The van der Waals surface area contributed by atoms with E-state index in [-0.39, 0.29) is 24.0 Å². The highest BCUT2D eigenvalue weighted by molar-refractivity contribution is 5.87. The van der Waals surface area contributed by atoms with Gasteiger partial charge in [0.05, 0.1) is 0 Å². The van der Waals surface area contributed by atoms with Crippen molar-refractivity contribution in [1.29, 1.82) is 0 Å². The first kappa shape index (κ1) is 11.5. The molecule has 14 heavy (non-hydrogen) atoms. The average Bonchev–Trinajstić information content (AvgIpc) is 2.14. The van der Waals surface area contributed by atoms with Gasteiger partial charge in [-0.2, -0.15) is 0 Å². The van der Waals surface area contributed by atoms with Crippen molar-refractivity contribution in [3.63, 3.8) is 0 Å². The van der Waals surface area contributed by atoms with E-state index >= 15 is 0 Å². The molecule has 1 heterocycles. The maximum Gasteiger partial charge on any atom is 0.241 e. The standard InChI is InChI=1S/C10H20N2O2/c1-10(2,4-3-5-13)7-12-6-8(11)9(12)14/h8,13H,3-7,11H2,1-2H3. The van der Waals surface area contributed by atoms with E-state index in [2.05, 4.69) is 13.8 Å². The lowest BCUT2D eigenvalue weighted by Crippen LogP contribution is -2.62. The van der Waals surface area contributed by atoms with E-state index in [1.54, 1.807) is 4.90 Å². The number of aliphatic hydroxyl groups is 1. The molecule has 0 bridgehead atoms. The fourth-order valence-electron chi connectivity index (χ4n) is 1.82. The summed E-state index contributed by atoms with van der Waals surface area (Å²) in [5, 5.41) is 8.73. The van der Waals surface area contributed by atoms with Crippen molar-refractivity contribution >= 4 is 5.91 Å². The zero-order valence-corrected chi connectivity index (χ0v) is 8.99. The Labute approximate surface area is 85.1 Å². The second kappa shape index (κ2) is 4.28. The topological polar surface area (TPSA) is 66.6 Å². The molecule has 3 N–H and O–H groups in total. The number of carbonyl (C=O) groups excluding carboxylic acids is 1. The van der Waals surface area contributed by atoms with Crippen molar-refractivity contribution in [2.75, 3.05) is 19.7 Å². The van der Waals surface area contributed by atoms with Gasteiger partial charge in [-0.1, -0.05) is 13.8 Å². The van der Waals surface area contributed by atoms with Gasteiger partial charge in [0.15, 0.2) is 0 Å². The van der Waals surface area contributed by atoms with Crippen LogP contribution in [0.15, 0.2) is 0 Å². The van der Waals surface area contributed by atoms with Gasteiger partial charge in [0.2, 0.25) is 5.91 Å². The van der Waals surface area contributed by atoms with E-state index in [4.69, 9.17) is 10.8 Å². The number of nitrogens with two attached hydrogens (primary N) is 1. The van der Waals surface area contributed by atoms with Gasteiger partial charge in [-0.15, -0.1) is 0 Å². The molecule has 1 aliphatic heterocycles. The highest BCUT2D eigenvalue weighted by Crippen LogP contribution is 2.25. The van der Waals surface area contributed by atoms with Crippen LogP contribution in [0, 0.1) is 5.41 Å². The van der Waals surface area contributed by atoms with Crippen molar-refractivity contribution < 1.29 is 9.90 Å². The quantitative estimate of drug-likeness (QED) is 0.612. The normalized spacial score (nSPS) is 22.4. The van der Waals surface area contributed by atoms with E-state index in [0.717, 1.165) is 19.4 Å². The third-order valence-electron chi connectivity index (χ3n) is 2.68. The SMILES string of the molecule is CC(C)(CCCO)CN1CC(N)C1=O. The maximum absolute atomic E-state index is 11.3. The molecule has 0 aromatic rings. The predicted octanol–water partition coefficient (Wildman–Crippen LogP) is -0.0454. The van der Waals surface area contributed by atoms with Crippen LogP contribution in [0.5, 0.6) is 0 Å². The molecule has 1 aliphatic rings. The molecule has 0 radical (unpaired) electrons. The Bertz CT molecular complexity index is 216. The molecule has 1 saturated heterocycles. The summed E-state index contributed by atoms with van der Waals surface area (Å²) >= 11 is 0. The minimum Gasteiger partial charge on any atom is -0.396 e. The smallest absolute Gasteiger partial charge is 0.241 e. The second-order valence-electron chi connectivity index (χ2n) is 4.82. The van der Waals surface area contributed by atoms with Crippen molar-refractivity contribution in [3.8, 4) is 0 Å². The summed E-state index contributed by atoms with van der Waals surface area (Å²) in [4.78, 5) is 13.1. The molecular weight excluding hydrogens is 180 g/mol. The molecule has 1 unspecified atom stereocenters. The molecule has 0 aromatic carbocycles. The first-order valence-corrected chi connectivity index (χ1v) is 5.11. The summed E-state index contributed by atoms with van der Waals surface area (Å²) in [5.41, 5.74) is 5.58. The van der Waals surface area contributed by atoms with Crippen LogP contribution in [0.1, 0.15) is 26.7 Å². The molecule has 4 nitrogen and oxygen atoms in total. The monoisotopic (exact) mass is 200 g/mol. The number of hydrogen-bond acceptors (Lipinski definition) is 3. The average molecular weight is 200 g/mol. The summed E-state index contributed by atoms with van der Waals surface area (Å²) in [5.74, 6) is 0.0575. The minimum atomic E-state index is -0.274. The molecule has 0 aliphatic carbocycles. The number of aliphatic hydroxyl groups excluding tert-OH is 1. The number of rotatable bonds is 5. The fourth-order valence-corrected chi connectivity index (χ4v) is 1.82. The number of nitrogens with zero attached hydrogens (tertiary/aromatic N) is 1. The van der Waals surface area contributed by atoms with E-state index < -0.39 is 0 Å². The minimum absolute atomic E-state index is 0.0575. The number of β-lactam (4-membered cyclic amide) rings is 1. The van der Waals surface area contributed by atoms with Gasteiger partial charge in [0.25, 0.3) is 0 Å². The summed E-state index contributed by atoms with van der Waals surface area (Å²) in [6, 6.07) is -0.274. The lowest BCUT2D eigenvalue weighted by atomic mass is 9.86. The zero-order valence-electron chi connectivity index (χ0n) is 8.99. The largest absolute Gasteiger partial charge is 0.396 e. The van der Waals surface area contributed by atoms with Crippen molar-refractivity contribution in [2.45, 2.75) is 32.7 Å². The molecule has 0 aromatic heterocycles. The van der Waals surface area contributed by atoms with E-state index in [1.807, 2.05) is 0 Å². The highest BCUT2D eigenvalue weighted by Gasteiger charge is 2.36. The zero-order chi connectivity index (χ0) is 10.8. The summed E-state index contributed by atoms with van der Waals surface area (Å²) in [7, 11) is 0. The van der Waals surface area contributed by atoms with Crippen molar-refractivity contribution in [2.24, 2.45) is 11.1 Å². The Balaban J connectivity index is 2.32. The van der Waals surface area contributed by atoms with Crippen LogP contribution in [0.2, 0.25) is 0 Å². The molecular formula is C10H20N2O2. The Kier molecular flexibility index (Phi) is 3.50. The van der Waals surface area contributed by atoms with Crippen molar-refractivity contribution in [3.05, 3.63) is 0 Å². The van der Waals surface area contributed by atoms with Crippen LogP contribution < -0.4 is 5.73 Å². The van der Waals surface area contributed by atoms with Crippen molar-refractivity contribution in [1.82, 2.24) is 4.90 Å². The van der Waals surface area contributed by atoms with Gasteiger partial charge in [0, 0.05) is 19.7 Å². The summed E-state index contributed by atoms with van der Waals surface area (Å²) in [6.45, 7) is 5.87. The van der Waals surface area contributed by atoms with Crippen LogP contribution in [0.25, 0.3) is 0 Å². The molecule has 1 fully saturated rings. The lowest BCUT2D eigenvalue weighted by Gasteiger charge is -2.41. The number of amides is 1. The van der Waals surface area contributed by atoms with Gasteiger partial charge in [-0.05, 0) is 18.3 Å². The third kappa shape index (κ3) is 2.69. The Morgan fingerprint density at radius 2 is 2.29 bits per heavy atom. The van der Waals surface area contributed by atoms with Crippen LogP contribution in [-0.2, 0) is 4.79 Å². The third-order valence-corrected chi connectivity index (χ3v) is 2.68. The van der Waals surface area contributed by atoms with Gasteiger partial charge < -0.3 is 15.7 Å². The van der Waals surface area contributed by atoms with Gasteiger partial charge in [0.1, 0.15) is 6.04 Å². The number of likely N-dealkylation sites (tertiary alicyclic amines) is 1.